The number of hydrogen-bond acceptors (Lipinski definition) is 3. The van der Waals surface area contributed by atoms with Crippen molar-refractivity contribution >= 4 is 23.1 Å². The van der Waals surface area contributed by atoms with Crippen LogP contribution in [-0.2, 0) is 11.1 Å². The van der Waals surface area contributed by atoms with Gasteiger partial charge in [0.2, 0.25) is 0 Å². The Labute approximate surface area is 142 Å². The Morgan fingerprint density at radius 1 is 1.32 bits per heavy atom. The molecule has 1 N–H and O–H groups in total. The first kappa shape index (κ1) is 19.6. The molecule has 22 heavy (non-hydrogen) atoms. The highest BCUT2D eigenvalue weighted by molar-refractivity contribution is 9.09. The molecule has 0 aliphatic heterocycles. The molecule has 0 saturated heterocycles. The molecular weight excluding hydrogens is 361 g/mol. The van der Waals surface area contributed by atoms with E-state index in [-0.39, 0.29) is 4.95 Å². The predicted molar refractivity (Wildman–Crippen MR) is 99.3 cm³/mol. The van der Waals surface area contributed by atoms with Gasteiger partial charge in [0.15, 0.2) is 0 Å². The number of nitrogens with zero attached hydrogens (tertiary/aromatic N) is 1. The standard InChI is InChI=1S/C17H27BrNO2P/c1-4-17(18)19(12-15-10-8-7-9-11-15)13-16(20)14-22(21,5-2)6-3/h4,7-11,16-17,20H,1,5-6,12-14H2,2-3H3. The minimum Gasteiger partial charge on any atom is -0.391 e. The van der Waals surface area contributed by atoms with E-state index in [9.17, 15) is 9.67 Å². The fourth-order valence-electron chi connectivity index (χ4n) is 2.41. The van der Waals surface area contributed by atoms with Crippen molar-refractivity contribution in [2.75, 3.05) is 25.0 Å². The van der Waals surface area contributed by atoms with E-state index in [0.29, 0.717) is 31.6 Å². The van der Waals surface area contributed by atoms with E-state index in [4.69, 9.17) is 0 Å². The molecule has 1 rings (SSSR count). The Bertz CT molecular complexity index is 487. The number of hydrogen-bond donors (Lipinski definition) is 1. The highest BCUT2D eigenvalue weighted by atomic mass is 79.9. The topological polar surface area (TPSA) is 40.5 Å². The first-order chi connectivity index (χ1) is 10.4. The van der Waals surface area contributed by atoms with E-state index in [1.807, 2.05) is 32.0 Å². The molecule has 3 nitrogen and oxygen atoms in total. The molecule has 0 aliphatic carbocycles. The van der Waals surface area contributed by atoms with Crippen LogP contribution in [0.4, 0.5) is 0 Å². The van der Waals surface area contributed by atoms with Crippen molar-refractivity contribution < 1.29 is 9.67 Å². The van der Waals surface area contributed by atoms with Gasteiger partial charge in [-0.15, -0.1) is 6.58 Å². The third-order valence-corrected chi connectivity index (χ3v) is 8.26. The van der Waals surface area contributed by atoms with Crippen molar-refractivity contribution in [1.29, 1.82) is 0 Å². The summed E-state index contributed by atoms with van der Waals surface area (Å²) in [5.41, 5.74) is 1.18. The maximum Gasteiger partial charge on any atom is 0.0897 e. The summed E-state index contributed by atoms with van der Waals surface area (Å²) in [5, 5.41) is 10.4. The molecule has 2 atom stereocenters. The summed E-state index contributed by atoms with van der Waals surface area (Å²) in [5.74, 6) is 0. The van der Waals surface area contributed by atoms with Gasteiger partial charge in [-0.1, -0.05) is 66.2 Å². The van der Waals surface area contributed by atoms with E-state index >= 15 is 0 Å². The Balaban J connectivity index is 2.73. The lowest BCUT2D eigenvalue weighted by atomic mass is 10.2. The van der Waals surface area contributed by atoms with Crippen LogP contribution in [0.1, 0.15) is 19.4 Å². The van der Waals surface area contributed by atoms with E-state index in [1.54, 1.807) is 6.08 Å². The van der Waals surface area contributed by atoms with E-state index in [2.05, 4.69) is 39.5 Å². The van der Waals surface area contributed by atoms with Crippen molar-refractivity contribution in [2.24, 2.45) is 0 Å². The summed E-state index contributed by atoms with van der Waals surface area (Å²) in [7, 11) is -2.23. The average molecular weight is 388 g/mol. The number of rotatable bonds is 10. The van der Waals surface area contributed by atoms with Gasteiger partial charge in [-0.3, -0.25) is 4.90 Å². The van der Waals surface area contributed by atoms with Crippen molar-refractivity contribution in [3.8, 4) is 0 Å². The van der Waals surface area contributed by atoms with Gasteiger partial charge in [-0.2, -0.15) is 0 Å². The number of aliphatic hydroxyl groups is 1. The van der Waals surface area contributed by atoms with Crippen molar-refractivity contribution in [3.05, 3.63) is 48.6 Å². The average Bonchev–Trinajstić information content (AvgIpc) is 2.54. The quantitative estimate of drug-likeness (QED) is 0.283. The Kier molecular flexibility index (Phi) is 8.63. The smallest absolute Gasteiger partial charge is 0.0897 e. The monoisotopic (exact) mass is 387 g/mol. The van der Waals surface area contributed by atoms with Gasteiger partial charge in [0.25, 0.3) is 0 Å². The maximum atomic E-state index is 12.5. The molecule has 0 saturated carbocycles. The summed E-state index contributed by atoms with van der Waals surface area (Å²) in [6, 6.07) is 10.1. The number of halogens is 1. The molecule has 0 aliphatic rings. The van der Waals surface area contributed by atoms with Crippen molar-refractivity contribution in [3.63, 3.8) is 0 Å². The van der Waals surface area contributed by atoms with E-state index in [1.165, 1.54) is 5.56 Å². The number of alkyl halides is 1. The second kappa shape index (κ2) is 9.67. The van der Waals surface area contributed by atoms with Gasteiger partial charge in [-0.25, -0.2) is 0 Å². The lowest BCUT2D eigenvalue weighted by molar-refractivity contribution is 0.127. The van der Waals surface area contributed by atoms with Crippen LogP contribution >= 0.6 is 23.1 Å². The summed E-state index contributed by atoms with van der Waals surface area (Å²) < 4.78 is 12.5. The van der Waals surface area contributed by atoms with Gasteiger partial charge < -0.3 is 9.67 Å². The van der Waals surface area contributed by atoms with Crippen LogP contribution in [-0.4, -0.2) is 46.1 Å². The zero-order valence-electron chi connectivity index (χ0n) is 13.5. The predicted octanol–water partition coefficient (Wildman–Crippen LogP) is 4.16. The second-order valence-corrected chi connectivity index (χ2v) is 10.2. The molecule has 1 aromatic rings. The first-order valence-corrected chi connectivity index (χ1v) is 10.9. The largest absolute Gasteiger partial charge is 0.391 e. The molecule has 124 valence electrons. The first-order valence-electron chi connectivity index (χ1n) is 7.73. The molecule has 0 amide bonds. The fraction of sp³-hybridized carbons (Fsp3) is 0.529. The maximum absolute atomic E-state index is 12.5. The van der Waals surface area contributed by atoms with Crippen LogP contribution in [0, 0.1) is 0 Å². The zero-order chi connectivity index (χ0) is 16.6. The molecular formula is C17H27BrNO2P. The van der Waals surface area contributed by atoms with Gasteiger partial charge >= 0.3 is 0 Å². The summed E-state index contributed by atoms with van der Waals surface area (Å²) in [4.78, 5) is 2.08. The third kappa shape index (κ3) is 6.37. The number of benzene rings is 1. The van der Waals surface area contributed by atoms with Crippen molar-refractivity contribution in [1.82, 2.24) is 4.90 Å². The minimum absolute atomic E-state index is 0.0232. The van der Waals surface area contributed by atoms with Gasteiger partial charge in [0, 0.05) is 19.3 Å². The fourth-order valence-corrected chi connectivity index (χ4v) is 4.57. The highest BCUT2D eigenvalue weighted by Crippen LogP contribution is 2.45. The van der Waals surface area contributed by atoms with Crippen LogP contribution in [0.15, 0.2) is 43.0 Å². The molecule has 0 aromatic heterocycles. The van der Waals surface area contributed by atoms with Crippen LogP contribution in [0.3, 0.4) is 0 Å². The van der Waals surface area contributed by atoms with E-state index < -0.39 is 13.2 Å². The molecule has 2 unspecified atom stereocenters. The SMILES string of the molecule is C=CC(Br)N(Cc1ccccc1)CC(O)CP(=O)(CC)CC. The molecule has 5 heteroatoms. The molecule has 0 heterocycles. The molecule has 0 spiro atoms. The second-order valence-electron chi connectivity index (χ2n) is 5.55. The summed E-state index contributed by atoms with van der Waals surface area (Å²) in [6.07, 6.45) is 2.91. The molecule has 0 bridgehead atoms. The number of aliphatic hydroxyl groups excluding tert-OH is 1. The molecule has 0 radical (unpaired) electrons. The minimum atomic E-state index is -2.23. The van der Waals surface area contributed by atoms with Gasteiger partial charge in [-0.05, 0) is 17.9 Å². The van der Waals surface area contributed by atoms with Crippen LogP contribution in [0.25, 0.3) is 0 Å². The Morgan fingerprint density at radius 2 is 1.91 bits per heavy atom. The summed E-state index contributed by atoms with van der Waals surface area (Å²) in [6.45, 7) is 8.88. The zero-order valence-corrected chi connectivity index (χ0v) is 16.0. The Morgan fingerprint density at radius 3 is 2.41 bits per heavy atom. The van der Waals surface area contributed by atoms with Crippen molar-refractivity contribution in [2.45, 2.75) is 31.4 Å². The van der Waals surface area contributed by atoms with Crippen LogP contribution < -0.4 is 0 Å². The lowest BCUT2D eigenvalue weighted by Gasteiger charge is -2.29. The van der Waals surface area contributed by atoms with Gasteiger partial charge in [0.1, 0.15) is 0 Å². The van der Waals surface area contributed by atoms with Crippen LogP contribution in [0.5, 0.6) is 0 Å². The Hall–Kier alpha value is -0.410. The van der Waals surface area contributed by atoms with E-state index in [0.717, 1.165) is 0 Å². The summed E-state index contributed by atoms with van der Waals surface area (Å²) >= 11 is 3.57. The van der Waals surface area contributed by atoms with Crippen LogP contribution in [0.2, 0.25) is 0 Å². The lowest BCUT2D eigenvalue weighted by Crippen LogP contribution is -2.37. The molecule has 1 aromatic carbocycles. The third-order valence-electron chi connectivity index (χ3n) is 3.91. The van der Waals surface area contributed by atoms with Gasteiger partial charge in [0.05, 0.1) is 18.2 Å². The molecule has 0 fully saturated rings. The highest BCUT2D eigenvalue weighted by Gasteiger charge is 2.24. The normalized spacial score (nSPS) is 14.8.